The van der Waals surface area contributed by atoms with Gasteiger partial charge < -0.3 is 5.11 Å². The van der Waals surface area contributed by atoms with E-state index in [2.05, 4.69) is 11.6 Å². The Kier molecular flexibility index (Phi) is 2.68. The van der Waals surface area contributed by atoms with Crippen LogP contribution in [0.2, 0.25) is 0 Å². The van der Waals surface area contributed by atoms with Gasteiger partial charge in [0.1, 0.15) is 0 Å². The number of aromatic carboxylic acids is 1. The molecule has 0 unspecified atom stereocenters. The van der Waals surface area contributed by atoms with Gasteiger partial charge in [0.15, 0.2) is 10.7 Å². The number of rotatable bonds is 3. The van der Waals surface area contributed by atoms with E-state index in [0.717, 1.165) is 5.56 Å². The molecule has 2 heterocycles. The molecule has 0 amide bonds. The van der Waals surface area contributed by atoms with Crippen LogP contribution in [0.5, 0.6) is 0 Å². The number of carboxylic acid groups (broad SMARTS) is 1. The summed E-state index contributed by atoms with van der Waals surface area (Å²) >= 11 is 1.33. The molecule has 0 atom stereocenters. The van der Waals surface area contributed by atoms with Crippen molar-refractivity contribution in [3.05, 3.63) is 65.4 Å². The minimum Gasteiger partial charge on any atom is -0.477 e. The van der Waals surface area contributed by atoms with E-state index in [9.17, 15) is 9.90 Å². The standard InChI is InChI=1S/C14H10N2O2S/c1-9(10-5-3-2-4-6-10)12-11(13(17)18)16-8-7-15-14(16)19-12/h2-8H,1H2,(H,17,18). The molecule has 0 saturated carbocycles. The minimum absolute atomic E-state index is 0.214. The zero-order valence-corrected chi connectivity index (χ0v) is 10.7. The fraction of sp³-hybridized carbons (Fsp3) is 0. The molecule has 3 aromatic rings. The quantitative estimate of drug-likeness (QED) is 0.795. The molecule has 0 spiro atoms. The molecule has 0 saturated heterocycles. The average molecular weight is 270 g/mol. The van der Waals surface area contributed by atoms with Crippen LogP contribution in [0.15, 0.2) is 49.3 Å². The normalized spacial score (nSPS) is 10.7. The number of nitrogens with zero attached hydrogens (tertiary/aromatic N) is 2. The molecule has 94 valence electrons. The maximum atomic E-state index is 11.4. The average Bonchev–Trinajstić information content (AvgIpc) is 2.98. The van der Waals surface area contributed by atoms with E-state index in [1.54, 1.807) is 16.8 Å². The summed E-state index contributed by atoms with van der Waals surface area (Å²) in [6.07, 6.45) is 3.24. The molecule has 4 nitrogen and oxygen atoms in total. The second-order valence-electron chi connectivity index (χ2n) is 4.01. The Bertz CT molecular complexity index is 771. The predicted octanol–water partition coefficient (Wildman–Crippen LogP) is 3.16. The number of hydrogen-bond acceptors (Lipinski definition) is 3. The molecule has 3 rings (SSSR count). The molecule has 19 heavy (non-hydrogen) atoms. The fourth-order valence-electron chi connectivity index (χ4n) is 1.96. The summed E-state index contributed by atoms with van der Waals surface area (Å²) in [5.74, 6) is -0.976. The Balaban J connectivity index is 2.20. The van der Waals surface area contributed by atoms with Gasteiger partial charge in [-0.25, -0.2) is 9.78 Å². The smallest absolute Gasteiger partial charge is 0.354 e. The third-order valence-corrected chi connectivity index (χ3v) is 3.98. The van der Waals surface area contributed by atoms with Gasteiger partial charge in [-0.2, -0.15) is 0 Å². The predicted molar refractivity (Wildman–Crippen MR) is 74.6 cm³/mol. The van der Waals surface area contributed by atoms with Crippen LogP contribution in [0.4, 0.5) is 0 Å². The Labute approximate surface area is 113 Å². The zero-order valence-electron chi connectivity index (χ0n) is 9.91. The summed E-state index contributed by atoms with van der Waals surface area (Å²) in [6, 6.07) is 9.54. The van der Waals surface area contributed by atoms with Gasteiger partial charge in [0.05, 0.1) is 4.88 Å². The summed E-state index contributed by atoms with van der Waals surface area (Å²) in [5.41, 5.74) is 1.83. The SMILES string of the molecule is C=C(c1ccccc1)c1sc2nccn2c1C(=O)O. The van der Waals surface area contributed by atoms with Gasteiger partial charge in [0.2, 0.25) is 0 Å². The highest BCUT2D eigenvalue weighted by Gasteiger charge is 2.21. The first kappa shape index (κ1) is 11.7. The van der Waals surface area contributed by atoms with E-state index < -0.39 is 5.97 Å². The number of benzene rings is 1. The van der Waals surface area contributed by atoms with E-state index in [-0.39, 0.29) is 5.69 Å². The Morgan fingerprint density at radius 2 is 2.05 bits per heavy atom. The van der Waals surface area contributed by atoms with E-state index in [1.807, 2.05) is 30.3 Å². The van der Waals surface area contributed by atoms with Gasteiger partial charge in [0, 0.05) is 12.4 Å². The molecule has 0 fully saturated rings. The monoisotopic (exact) mass is 270 g/mol. The van der Waals surface area contributed by atoms with Crippen LogP contribution in [-0.4, -0.2) is 20.5 Å². The summed E-state index contributed by atoms with van der Waals surface area (Å²) in [4.78, 5) is 16.9. The third kappa shape index (κ3) is 1.84. The van der Waals surface area contributed by atoms with Crippen LogP contribution in [0.1, 0.15) is 20.9 Å². The molecule has 1 N–H and O–H groups in total. The molecular formula is C14H10N2O2S. The van der Waals surface area contributed by atoms with E-state index in [0.29, 0.717) is 15.4 Å². The van der Waals surface area contributed by atoms with Gasteiger partial charge >= 0.3 is 5.97 Å². The minimum atomic E-state index is -0.976. The molecule has 2 aromatic heterocycles. The van der Waals surface area contributed by atoms with Crippen molar-refractivity contribution < 1.29 is 9.90 Å². The number of imidazole rings is 1. The zero-order chi connectivity index (χ0) is 13.4. The van der Waals surface area contributed by atoms with Crippen LogP contribution in [-0.2, 0) is 0 Å². The summed E-state index contributed by atoms with van der Waals surface area (Å²) in [5, 5.41) is 9.38. The first-order valence-electron chi connectivity index (χ1n) is 5.62. The number of hydrogen-bond donors (Lipinski definition) is 1. The van der Waals surface area contributed by atoms with Crippen LogP contribution >= 0.6 is 11.3 Å². The van der Waals surface area contributed by atoms with Crippen molar-refractivity contribution in [2.45, 2.75) is 0 Å². The largest absolute Gasteiger partial charge is 0.477 e. The van der Waals surface area contributed by atoms with E-state index >= 15 is 0 Å². The maximum Gasteiger partial charge on any atom is 0.354 e. The number of thiazole rings is 1. The van der Waals surface area contributed by atoms with Crippen molar-refractivity contribution in [3.8, 4) is 0 Å². The topological polar surface area (TPSA) is 54.6 Å². The van der Waals surface area contributed by atoms with Crippen LogP contribution in [0.25, 0.3) is 10.5 Å². The van der Waals surface area contributed by atoms with E-state index in [1.165, 1.54) is 11.3 Å². The molecular weight excluding hydrogens is 260 g/mol. The van der Waals surface area contributed by atoms with Crippen molar-refractivity contribution in [3.63, 3.8) is 0 Å². The van der Waals surface area contributed by atoms with Gasteiger partial charge in [0.25, 0.3) is 0 Å². The van der Waals surface area contributed by atoms with Crippen molar-refractivity contribution in [1.82, 2.24) is 9.38 Å². The molecule has 5 heteroatoms. The lowest BCUT2D eigenvalue weighted by Gasteiger charge is -2.04. The highest BCUT2D eigenvalue weighted by molar-refractivity contribution is 7.18. The highest BCUT2D eigenvalue weighted by Crippen LogP contribution is 2.32. The maximum absolute atomic E-state index is 11.4. The lowest BCUT2D eigenvalue weighted by Crippen LogP contribution is -2.03. The second kappa shape index (κ2) is 4.37. The van der Waals surface area contributed by atoms with Crippen molar-refractivity contribution in [2.75, 3.05) is 0 Å². The first-order valence-corrected chi connectivity index (χ1v) is 6.44. The number of carbonyl (C=O) groups is 1. The number of fused-ring (bicyclic) bond motifs is 1. The summed E-state index contributed by atoms with van der Waals surface area (Å²) in [6.45, 7) is 4.02. The molecule has 0 aliphatic heterocycles. The summed E-state index contributed by atoms with van der Waals surface area (Å²) in [7, 11) is 0. The fourth-order valence-corrected chi connectivity index (χ4v) is 3.03. The summed E-state index contributed by atoms with van der Waals surface area (Å²) < 4.78 is 1.58. The molecule has 0 aliphatic carbocycles. The molecule has 0 radical (unpaired) electrons. The number of carboxylic acids is 1. The van der Waals surface area contributed by atoms with Crippen molar-refractivity contribution in [2.24, 2.45) is 0 Å². The van der Waals surface area contributed by atoms with Crippen LogP contribution < -0.4 is 0 Å². The van der Waals surface area contributed by atoms with Gasteiger partial charge in [-0.3, -0.25) is 4.40 Å². The van der Waals surface area contributed by atoms with Gasteiger partial charge in [-0.05, 0) is 11.1 Å². The van der Waals surface area contributed by atoms with Crippen LogP contribution in [0.3, 0.4) is 0 Å². The van der Waals surface area contributed by atoms with E-state index in [4.69, 9.17) is 0 Å². The highest BCUT2D eigenvalue weighted by atomic mass is 32.1. The Hall–Kier alpha value is -2.40. The second-order valence-corrected chi connectivity index (χ2v) is 4.99. The van der Waals surface area contributed by atoms with Crippen LogP contribution in [0, 0.1) is 0 Å². The Morgan fingerprint density at radius 3 is 2.74 bits per heavy atom. The Morgan fingerprint density at radius 1 is 1.32 bits per heavy atom. The number of aromatic nitrogens is 2. The molecule has 0 aliphatic rings. The van der Waals surface area contributed by atoms with Crippen molar-refractivity contribution >= 4 is 27.8 Å². The van der Waals surface area contributed by atoms with Gasteiger partial charge in [-0.1, -0.05) is 48.2 Å². The van der Waals surface area contributed by atoms with Gasteiger partial charge in [-0.15, -0.1) is 0 Å². The van der Waals surface area contributed by atoms with Crippen molar-refractivity contribution in [1.29, 1.82) is 0 Å². The third-order valence-electron chi connectivity index (χ3n) is 2.86. The molecule has 1 aromatic carbocycles. The lowest BCUT2D eigenvalue weighted by atomic mass is 10.1. The lowest BCUT2D eigenvalue weighted by molar-refractivity contribution is 0.0689. The first-order chi connectivity index (χ1) is 9.18. The molecule has 0 bridgehead atoms.